The summed E-state index contributed by atoms with van der Waals surface area (Å²) in [5.74, 6) is -2.88. The lowest BCUT2D eigenvalue weighted by Gasteiger charge is -2.14. The highest BCUT2D eigenvalue weighted by Gasteiger charge is 2.39. The molecule has 3 rings (SSSR count). The minimum absolute atomic E-state index is 0.0526. The molecule has 0 atom stereocenters. The third kappa shape index (κ3) is 2.27. The molecule has 0 saturated carbocycles. The van der Waals surface area contributed by atoms with Gasteiger partial charge in [0.15, 0.2) is 0 Å². The predicted molar refractivity (Wildman–Crippen MR) is 70.7 cm³/mol. The first-order valence-corrected chi connectivity index (χ1v) is 6.47. The van der Waals surface area contributed by atoms with Crippen LogP contribution in [-0.4, -0.2) is 11.7 Å². The van der Waals surface area contributed by atoms with E-state index in [-0.39, 0.29) is 28.6 Å². The van der Waals surface area contributed by atoms with Gasteiger partial charge in [-0.05, 0) is 24.3 Å². The van der Waals surface area contributed by atoms with E-state index in [4.69, 9.17) is 11.6 Å². The van der Waals surface area contributed by atoms with Crippen LogP contribution < -0.4 is 4.90 Å². The van der Waals surface area contributed by atoms with Crippen molar-refractivity contribution in [2.45, 2.75) is 12.7 Å². The van der Waals surface area contributed by atoms with Crippen LogP contribution in [0.2, 0.25) is 5.02 Å². The Balaban J connectivity index is 1.94. The van der Waals surface area contributed by atoms with E-state index in [1.807, 2.05) is 0 Å². The molecule has 0 fully saturated rings. The van der Waals surface area contributed by atoms with Crippen LogP contribution in [0.1, 0.15) is 21.9 Å². The van der Waals surface area contributed by atoms with E-state index >= 15 is 0 Å². The van der Waals surface area contributed by atoms with E-state index in [2.05, 4.69) is 4.42 Å². The van der Waals surface area contributed by atoms with Gasteiger partial charge in [-0.15, -0.1) is 0 Å². The van der Waals surface area contributed by atoms with Gasteiger partial charge >= 0.3 is 6.18 Å². The number of fused-ring (bicyclic) bond motifs is 1. The Morgan fingerprint density at radius 2 is 1.86 bits per heavy atom. The predicted octanol–water partition coefficient (Wildman–Crippen LogP) is 3.68. The molecule has 8 heteroatoms. The zero-order valence-electron chi connectivity index (χ0n) is 10.8. The maximum atomic E-state index is 12.5. The number of anilines is 1. The summed E-state index contributed by atoms with van der Waals surface area (Å²) in [6.07, 6.45) is -4.61. The van der Waals surface area contributed by atoms with Gasteiger partial charge in [0.1, 0.15) is 5.76 Å². The lowest BCUT2D eigenvalue weighted by atomic mass is 10.1. The Morgan fingerprint density at radius 1 is 1.14 bits per heavy atom. The van der Waals surface area contributed by atoms with Crippen LogP contribution in [0, 0.1) is 0 Å². The molecule has 0 radical (unpaired) electrons. The number of benzene rings is 1. The Morgan fingerprint density at radius 3 is 2.50 bits per heavy atom. The molecule has 2 aromatic rings. The fraction of sp³-hybridized carbons (Fsp3) is 0.143. The zero-order chi connectivity index (χ0) is 16.1. The van der Waals surface area contributed by atoms with Gasteiger partial charge in [0, 0.05) is 0 Å². The fourth-order valence-electron chi connectivity index (χ4n) is 2.23. The lowest BCUT2D eigenvalue weighted by Crippen LogP contribution is -2.28. The second-order valence-corrected chi connectivity index (χ2v) is 5.03. The molecule has 1 aromatic carbocycles. The van der Waals surface area contributed by atoms with E-state index in [1.165, 1.54) is 12.1 Å². The topological polar surface area (TPSA) is 50.5 Å². The third-order valence-electron chi connectivity index (χ3n) is 3.20. The van der Waals surface area contributed by atoms with Crippen molar-refractivity contribution in [3.63, 3.8) is 0 Å². The molecule has 0 unspecified atom stereocenters. The van der Waals surface area contributed by atoms with Gasteiger partial charge in [0.05, 0.1) is 22.8 Å². The number of nitrogens with zero attached hydrogens (tertiary/aromatic N) is 1. The minimum atomic E-state index is -4.61. The van der Waals surface area contributed by atoms with E-state index < -0.39 is 23.6 Å². The standard InChI is InChI=1S/C14H7ClF3NO3/c15-8-2-1-3-9-11(8)12(20)13(21)19(9)6-7-4-5-10(22-7)14(16,17)18/h1-5H,6H2. The van der Waals surface area contributed by atoms with E-state index in [0.717, 1.165) is 17.0 Å². The van der Waals surface area contributed by atoms with Crippen LogP contribution in [0.5, 0.6) is 0 Å². The third-order valence-corrected chi connectivity index (χ3v) is 3.52. The zero-order valence-corrected chi connectivity index (χ0v) is 11.5. The summed E-state index contributed by atoms with van der Waals surface area (Å²) in [5, 5.41) is 0.119. The molecule has 2 heterocycles. The van der Waals surface area contributed by atoms with Gasteiger partial charge in [-0.25, -0.2) is 0 Å². The van der Waals surface area contributed by atoms with Gasteiger partial charge < -0.3 is 4.42 Å². The Bertz CT molecular complexity index is 782. The summed E-state index contributed by atoms with van der Waals surface area (Å²) >= 11 is 5.89. The Kier molecular flexibility index (Phi) is 3.25. The van der Waals surface area contributed by atoms with Gasteiger partial charge in [-0.1, -0.05) is 17.7 Å². The molecule has 0 aliphatic carbocycles. The summed E-state index contributed by atoms with van der Waals surface area (Å²) in [4.78, 5) is 24.9. The van der Waals surface area contributed by atoms with Crippen LogP contribution in [0.25, 0.3) is 0 Å². The van der Waals surface area contributed by atoms with Crippen LogP contribution in [0.15, 0.2) is 34.7 Å². The Hall–Kier alpha value is -2.28. The van der Waals surface area contributed by atoms with Crippen molar-refractivity contribution in [1.82, 2.24) is 0 Å². The van der Waals surface area contributed by atoms with Crippen molar-refractivity contribution in [3.05, 3.63) is 52.4 Å². The molecular formula is C14H7ClF3NO3. The number of rotatable bonds is 2. The normalized spacial score (nSPS) is 14.6. The molecule has 4 nitrogen and oxygen atoms in total. The van der Waals surface area contributed by atoms with Crippen LogP contribution in [0.3, 0.4) is 0 Å². The molecule has 1 amide bonds. The minimum Gasteiger partial charge on any atom is -0.455 e. The molecule has 0 saturated heterocycles. The number of halogens is 4. The summed E-state index contributed by atoms with van der Waals surface area (Å²) in [7, 11) is 0. The van der Waals surface area contributed by atoms with Crippen LogP contribution in [-0.2, 0) is 17.5 Å². The summed E-state index contributed by atoms with van der Waals surface area (Å²) < 4.78 is 42.2. The average molecular weight is 330 g/mol. The van der Waals surface area contributed by atoms with Crippen LogP contribution >= 0.6 is 11.6 Å². The smallest absolute Gasteiger partial charge is 0.449 e. The quantitative estimate of drug-likeness (QED) is 0.790. The second-order valence-electron chi connectivity index (χ2n) is 4.62. The lowest BCUT2D eigenvalue weighted by molar-refractivity contribution is -0.153. The van der Waals surface area contributed by atoms with Crippen molar-refractivity contribution < 1.29 is 27.2 Å². The highest BCUT2D eigenvalue weighted by atomic mass is 35.5. The highest BCUT2D eigenvalue weighted by Crippen LogP contribution is 2.36. The second kappa shape index (κ2) is 4.88. The maximum Gasteiger partial charge on any atom is 0.449 e. The van der Waals surface area contributed by atoms with Crippen molar-refractivity contribution in [3.8, 4) is 0 Å². The largest absolute Gasteiger partial charge is 0.455 e. The fourth-order valence-corrected chi connectivity index (χ4v) is 2.48. The SMILES string of the molecule is O=C1C(=O)N(Cc2ccc(C(F)(F)F)o2)c2cccc(Cl)c21. The molecule has 1 aromatic heterocycles. The number of hydrogen-bond donors (Lipinski definition) is 0. The number of carbonyl (C=O) groups excluding carboxylic acids is 2. The maximum absolute atomic E-state index is 12.5. The molecule has 114 valence electrons. The van der Waals surface area contributed by atoms with Crippen molar-refractivity contribution in [2.75, 3.05) is 4.90 Å². The number of ketones is 1. The molecule has 0 bridgehead atoms. The molecule has 1 aliphatic rings. The molecule has 0 N–H and O–H groups in total. The number of furan rings is 1. The molecule has 0 spiro atoms. The van der Waals surface area contributed by atoms with Crippen molar-refractivity contribution in [1.29, 1.82) is 0 Å². The summed E-state index contributed by atoms with van der Waals surface area (Å²) in [5.41, 5.74) is 0.309. The van der Waals surface area contributed by atoms with Crippen molar-refractivity contribution in [2.24, 2.45) is 0 Å². The first-order chi connectivity index (χ1) is 10.3. The van der Waals surface area contributed by atoms with Gasteiger partial charge in [-0.2, -0.15) is 13.2 Å². The average Bonchev–Trinajstić information content (AvgIpc) is 2.99. The number of hydrogen-bond acceptors (Lipinski definition) is 3. The number of Topliss-reactive ketones (excluding diaryl/α,β-unsaturated/α-hetero) is 1. The van der Waals surface area contributed by atoms with Gasteiger partial charge in [-0.3, -0.25) is 14.5 Å². The van der Waals surface area contributed by atoms with E-state index in [9.17, 15) is 22.8 Å². The number of carbonyl (C=O) groups is 2. The number of alkyl halides is 3. The van der Waals surface area contributed by atoms with Gasteiger partial charge in [0.2, 0.25) is 5.76 Å². The first kappa shape index (κ1) is 14.6. The van der Waals surface area contributed by atoms with E-state index in [1.54, 1.807) is 6.07 Å². The molecule has 22 heavy (non-hydrogen) atoms. The van der Waals surface area contributed by atoms with Gasteiger partial charge in [0.25, 0.3) is 11.7 Å². The summed E-state index contributed by atoms with van der Waals surface area (Å²) in [6, 6.07) is 6.39. The highest BCUT2D eigenvalue weighted by molar-refractivity contribution is 6.55. The first-order valence-electron chi connectivity index (χ1n) is 6.09. The Labute approximate surface area is 127 Å². The summed E-state index contributed by atoms with van der Waals surface area (Å²) in [6.45, 7) is -0.284. The molecular weight excluding hydrogens is 323 g/mol. The van der Waals surface area contributed by atoms with E-state index in [0.29, 0.717) is 0 Å². The van der Waals surface area contributed by atoms with Crippen molar-refractivity contribution >= 4 is 29.0 Å². The number of amides is 1. The van der Waals surface area contributed by atoms with Crippen LogP contribution in [0.4, 0.5) is 18.9 Å². The molecule has 1 aliphatic heterocycles. The monoisotopic (exact) mass is 329 g/mol.